The fourth-order valence-corrected chi connectivity index (χ4v) is 2.20. The van der Waals surface area contributed by atoms with E-state index in [9.17, 15) is 13.6 Å². The predicted molar refractivity (Wildman–Crippen MR) is 83.2 cm³/mol. The van der Waals surface area contributed by atoms with Crippen molar-refractivity contribution in [1.29, 1.82) is 0 Å². The lowest BCUT2D eigenvalue weighted by Crippen LogP contribution is -2.28. The Hall–Kier alpha value is -3.23. The number of nitrogens with two attached hydrogens (primary N) is 1. The van der Waals surface area contributed by atoms with Crippen molar-refractivity contribution < 1.29 is 18.0 Å². The minimum Gasteiger partial charge on any atom is -0.456 e. The first-order valence-corrected chi connectivity index (χ1v) is 6.93. The van der Waals surface area contributed by atoms with Crippen LogP contribution in [0.4, 0.5) is 25.2 Å². The first-order valence-electron chi connectivity index (χ1n) is 6.93. The van der Waals surface area contributed by atoms with Gasteiger partial charge in [0.25, 0.3) is 0 Å². The van der Waals surface area contributed by atoms with E-state index in [1.54, 1.807) is 6.92 Å². The van der Waals surface area contributed by atoms with Crippen LogP contribution in [0.5, 0.6) is 0 Å². The van der Waals surface area contributed by atoms with E-state index < -0.39 is 17.7 Å². The van der Waals surface area contributed by atoms with Gasteiger partial charge in [0.1, 0.15) is 11.6 Å². The van der Waals surface area contributed by atoms with Crippen LogP contribution in [0.1, 0.15) is 11.3 Å². The summed E-state index contributed by atoms with van der Waals surface area (Å²) in [5.41, 5.74) is 6.22. The molecule has 0 atom stereocenters. The van der Waals surface area contributed by atoms with Crippen LogP contribution in [0.3, 0.4) is 0 Å². The van der Waals surface area contributed by atoms with Crippen LogP contribution in [0.25, 0.3) is 11.0 Å². The Morgan fingerprint density at radius 1 is 1.29 bits per heavy atom. The summed E-state index contributed by atoms with van der Waals surface area (Å²) < 4.78 is 32.4. The third-order valence-corrected chi connectivity index (χ3v) is 3.40. The number of nitrogens with one attached hydrogen (secondary N) is 2. The summed E-state index contributed by atoms with van der Waals surface area (Å²) in [5.74, 6) is -1.06. The van der Waals surface area contributed by atoms with Gasteiger partial charge in [0, 0.05) is 17.0 Å². The summed E-state index contributed by atoms with van der Waals surface area (Å²) in [6, 6.07) is 1.40. The summed E-state index contributed by atoms with van der Waals surface area (Å²) >= 11 is 0. The smallest absolute Gasteiger partial charge is 0.319 e. The lowest BCUT2D eigenvalue weighted by molar-refractivity contribution is 0.251. The highest BCUT2D eigenvalue weighted by Gasteiger charge is 2.16. The Bertz CT molecular complexity index is 908. The maximum Gasteiger partial charge on any atom is 0.319 e. The number of urea groups is 1. The predicted octanol–water partition coefficient (Wildman–Crippen LogP) is 2.71. The number of rotatable bonds is 3. The Labute approximate surface area is 134 Å². The summed E-state index contributed by atoms with van der Waals surface area (Å²) in [5, 5.41) is 5.39. The van der Waals surface area contributed by atoms with Crippen LogP contribution >= 0.6 is 0 Å². The number of halogens is 2. The number of aryl methyl sites for hydroxylation is 1. The highest BCUT2D eigenvalue weighted by molar-refractivity contribution is 5.89. The number of benzene rings is 1. The number of furan rings is 1. The average molecular weight is 333 g/mol. The van der Waals surface area contributed by atoms with Crippen molar-refractivity contribution in [3.8, 4) is 0 Å². The van der Waals surface area contributed by atoms with E-state index in [1.165, 1.54) is 18.5 Å². The molecule has 1 aromatic carbocycles. The number of amides is 2. The Balaban J connectivity index is 1.71. The minimum absolute atomic E-state index is 0.00321. The molecule has 24 heavy (non-hydrogen) atoms. The maximum atomic E-state index is 13.7. The minimum atomic E-state index is -0.789. The molecule has 3 rings (SSSR count). The fourth-order valence-electron chi connectivity index (χ4n) is 2.20. The number of anilines is 2. The maximum absolute atomic E-state index is 13.7. The number of carbonyl (C=O) groups excluding carboxylic acids is 1. The molecule has 2 amide bonds. The SMILES string of the molecule is Cc1c(CNC(=O)Nc2cnc(N)nc2)oc2c(F)cc(F)cc12. The molecule has 0 saturated carbocycles. The number of aromatic nitrogens is 2. The molecule has 0 unspecified atom stereocenters. The molecule has 0 aliphatic heterocycles. The zero-order valence-electron chi connectivity index (χ0n) is 12.6. The van der Waals surface area contributed by atoms with Gasteiger partial charge in [-0.25, -0.2) is 23.5 Å². The molecule has 0 spiro atoms. The second-order valence-electron chi connectivity index (χ2n) is 5.05. The first kappa shape index (κ1) is 15.7. The van der Waals surface area contributed by atoms with E-state index >= 15 is 0 Å². The quantitative estimate of drug-likeness (QED) is 0.683. The van der Waals surface area contributed by atoms with E-state index in [0.29, 0.717) is 22.4 Å². The largest absolute Gasteiger partial charge is 0.456 e. The van der Waals surface area contributed by atoms with Gasteiger partial charge in [-0.3, -0.25) is 0 Å². The van der Waals surface area contributed by atoms with Gasteiger partial charge in [0.05, 0.1) is 24.6 Å². The molecule has 7 nitrogen and oxygen atoms in total. The molecule has 124 valence electrons. The third kappa shape index (κ3) is 3.09. The highest BCUT2D eigenvalue weighted by Crippen LogP contribution is 2.28. The molecule has 0 bridgehead atoms. The second-order valence-corrected chi connectivity index (χ2v) is 5.05. The van der Waals surface area contributed by atoms with Crippen molar-refractivity contribution in [1.82, 2.24) is 15.3 Å². The van der Waals surface area contributed by atoms with E-state index in [0.717, 1.165) is 6.07 Å². The number of carbonyl (C=O) groups is 1. The standard InChI is InChI=1S/C15H13F2N5O2/c1-7-10-2-8(16)3-11(17)13(10)24-12(7)6-21-15(23)22-9-4-19-14(18)20-5-9/h2-5H,6H2,1H3,(H2,18,19,20)(H2,21,22,23). The van der Waals surface area contributed by atoms with Crippen molar-refractivity contribution in [3.63, 3.8) is 0 Å². The fraction of sp³-hybridized carbons (Fsp3) is 0.133. The number of hydrogen-bond acceptors (Lipinski definition) is 5. The summed E-state index contributed by atoms with van der Waals surface area (Å²) in [6.45, 7) is 1.66. The molecule has 2 heterocycles. The molecular formula is C15H13F2N5O2. The van der Waals surface area contributed by atoms with Crippen molar-refractivity contribution in [2.75, 3.05) is 11.1 Å². The molecule has 9 heteroatoms. The van der Waals surface area contributed by atoms with Crippen LogP contribution in [-0.2, 0) is 6.54 Å². The normalized spacial score (nSPS) is 10.8. The van der Waals surface area contributed by atoms with Crippen molar-refractivity contribution in [2.24, 2.45) is 0 Å². The molecule has 0 saturated heterocycles. The van der Waals surface area contributed by atoms with Crippen LogP contribution in [-0.4, -0.2) is 16.0 Å². The van der Waals surface area contributed by atoms with Gasteiger partial charge < -0.3 is 20.8 Å². The van der Waals surface area contributed by atoms with Crippen LogP contribution < -0.4 is 16.4 Å². The molecule has 0 aliphatic rings. The van der Waals surface area contributed by atoms with E-state index in [2.05, 4.69) is 20.6 Å². The van der Waals surface area contributed by atoms with Gasteiger partial charge in [-0.2, -0.15) is 0 Å². The molecule has 0 fully saturated rings. The number of hydrogen-bond donors (Lipinski definition) is 3. The topological polar surface area (TPSA) is 106 Å². The highest BCUT2D eigenvalue weighted by atomic mass is 19.1. The lowest BCUT2D eigenvalue weighted by Gasteiger charge is -2.06. The van der Waals surface area contributed by atoms with Crippen LogP contribution in [0.2, 0.25) is 0 Å². The monoisotopic (exact) mass is 333 g/mol. The van der Waals surface area contributed by atoms with Gasteiger partial charge in [0.15, 0.2) is 11.4 Å². The van der Waals surface area contributed by atoms with Gasteiger partial charge in [-0.05, 0) is 13.0 Å². The average Bonchev–Trinajstić information content (AvgIpc) is 2.85. The Morgan fingerprint density at radius 2 is 2.00 bits per heavy atom. The Morgan fingerprint density at radius 3 is 2.71 bits per heavy atom. The number of nitrogens with zero attached hydrogens (tertiary/aromatic N) is 2. The summed E-state index contributed by atoms with van der Waals surface area (Å²) in [4.78, 5) is 19.3. The van der Waals surface area contributed by atoms with Crippen LogP contribution in [0, 0.1) is 18.6 Å². The summed E-state index contributed by atoms with van der Waals surface area (Å²) in [7, 11) is 0. The molecule has 0 radical (unpaired) electrons. The van der Waals surface area contributed by atoms with Gasteiger partial charge in [-0.1, -0.05) is 0 Å². The van der Waals surface area contributed by atoms with Crippen molar-refractivity contribution in [3.05, 3.63) is 47.5 Å². The van der Waals surface area contributed by atoms with E-state index in [1.807, 2.05) is 0 Å². The van der Waals surface area contributed by atoms with Crippen LogP contribution in [0.15, 0.2) is 28.9 Å². The molecule has 3 aromatic rings. The number of nitrogen functional groups attached to an aromatic ring is 1. The second kappa shape index (κ2) is 6.11. The molecule has 2 aromatic heterocycles. The lowest BCUT2D eigenvalue weighted by atomic mass is 10.1. The number of fused-ring (bicyclic) bond motifs is 1. The first-order chi connectivity index (χ1) is 11.4. The molecule has 0 aliphatic carbocycles. The van der Waals surface area contributed by atoms with Gasteiger partial charge >= 0.3 is 6.03 Å². The summed E-state index contributed by atoms with van der Waals surface area (Å²) in [6.07, 6.45) is 2.71. The zero-order chi connectivity index (χ0) is 17.3. The van der Waals surface area contributed by atoms with E-state index in [4.69, 9.17) is 10.2 Å². The van der Waals surface area contributed by atoms with E-state index in [-0.39, 0.29) is 18.1 Å². The Kier molecular flexibility index (Phi) is 3.98. The van der Waals surface area contributed by atoms with Gasteiger partial charge in [0.2, 0.25) is 5.95 Å². The third-order valence-electron chi connectivity index (χ3n) is 3.40. The molecular weight excluding hydrogens is 320 g/mol. The van der Waals surface area contributed by atoms with Crippen molar-refractivity contribution in [2.45, 2.75) is 13.5 Å². The zero-order valence-corrected chi connectivity index (χ0v) is 12.6. The molecule has 4 N–H and O–H groups in total. The van der Waals surface area contributed by atoms with Crippen molar-refractivity contribution >= 4 is 28.6 Å². The van der Waals surface area contributed by atoms with Gasteiger partial charge in [-0.15, -0.1) is 0 Å².